The Labute approximate surface area is 188 Å². The number of hydrogen-bond donors (Lipinski definition) is 1. The quantitative estimate of drug-likeness (QED) is 0.439. The SMILES string of the molecule is Cc1ccc(CS(=O)(=O)c2cn(CC(=O)NCCc3ccccc3)c3ccccc23)cc1. The molecule has 0 unspecified atom stereocenters. The number of nitrogens with one attached hydrogen (secondary N) is 1. The van der Waals surface area contributed by atoms with E-state index in [9.17, 15) is 13.2 Å². The molecule has 4 aromatic rings. The first kappa shape index (κ1) is 21.8. The molecule has 0 aliphatic carbocycles. The number of rotatable bonds is 8. The molecule has 0 saturated carbocycles. The Morgan fingerprint density at radius 1 is 0.875 bits per heavy atom. The number of aromatic nitrogens is 1. The monoisotopic (exact) mass is 446 g/mol. The Balaban J connectivity index is 1.52. The van der Waals surface area contributed by atoms with Crippen LogP contribution < -0.4 is 5.32 Å². The molecule has 0 radical (unpaired) electrons. The van der Waals surface area contributed by atoms with Gasteiger partial charge in [-0.2, -0.15) is 0 Å². The highest BCUT2D eigenvalue weighted by atomic mass is 32.2. The van der Waals surface area contributed by atoms with Crippen LogP contribution in [0.25, 0.3) is 10.9 Å². The summed E-state index contributed by atoms with van der Waals surface area (Å²) in [6, 6.07) is 24.8. The summed E-state index contributed by atoms with van der Waals surface area (Å²) >= 11 is 0. The number of carbonyl (C=O) groups excluding carboxylic acids is 1. The molecule has 0 bridgehead atoms. The molecule has 1 N–H and O–H groups in total. The minimum Gasteiger partial charge on any atom is -0.354 e. The van der Waals surface area contributed by atoms with Gasteiger partial charge in [0.1, 0.15) is 6.54 Å². The molecule has 0 fully saturated rings. The van der Waals surface area contributed by atoms with Crippen LogP contribution in [-0.4, -0.2) is 25.4 Å². The van der Waals surface area contributed by atoms with Crippen LogP contribution in [0.4, 0.5) is 0 Å². The molecular weight excluding hydrogens is 420 g/mol. The highest BCUT2D eigenvalue weighted by Crippen LogP contribution is 2.28. The number of hydrogen-bond acceptors (Lipinski definition) is 3. The molecule has 1 amide bonds. The van der Waals surface area contributed by atoms with E-state index in [2.05, 4.69) is 5.32 Å². The molecule has 6 heteroatoms. The van der Waals surface area contributed by atoms with Crippen LogP contribution in [0.3, 0.4) is 0 Å². The van der Waals surface area contributed by atoms with E-state index in [1.54, 1.807) is 16.8 Å². The van der Waals surface area contributed by atoms with Crippen molar-refractivity contribution in [3.05, 3.63) is 102 Å². The summed E-state index contributed by atoms with van der Waals surface area (Å²) in [6.45, 7) is 2.56. The molecule has 0 saturated heterocycles. The number of sulfone groups is 1. The highest BCUT2D eigenvalue weighted by molar-refractivity contribution is 7.90. The van der Waals surface area contributed by atoms with Gasteiger partial charge in [0.05, 0.1) is 10.6 Å². The lowest BCUT2D eigenvalue weighted by molar-refractivity contribution is -0.121. The summed E-state index contributed by atoms with van der Waals surface area (Å²) in [4.78, 5) is 12.8. The van der Waals surface area contributed by atoms with Gasteiger partial charge in [0.15, 0.2) is 9.84 Å². The summed E-state index contributed by atoms with van der Waals surface area (Å²) in [6.07, 6.45) is 2.33. The summed E-state index contributed by atoms with van der Waals surface area (Å²) in [5.41, 5.74) is 3.71. The van der Waals surface area contributed by atoms with Crippen molar-refractivity contribution in [2.45, 2.75) is 30.5 Å². The maximum atomic E-state index is 13.2. The smallest absolute Gasteiger partial charge is 0.239 e. The van der Waals surface area contributed by atoms with E-state index in [0.717, 1.165) is 28.6 Å². The van der Waals surface area contributed by atoms with E-state index in [0.29, 0.717) is 11.9 Å². The Hall–Kier alpha value is -3.38. The van der Waals surface area contributed by atoms with Crippen molar-refractivity contribution in [3.63, 3.8) is 0 Å². The van der Waals surface area contributed by atoms with Crippen LogP contribution in [0.5, 0.6) is 0 Å². The Morgan fingerprint density at radius 2 is 1.56 bits per heavy atom. The molecule has 5 nitrogen and oxygen atoms in total. The summed E-state index contributed by atoms with van der Waals surface area (Å²) in [5, 5.41) is 3.56. The van der Waals surface area contributed by atoms with E-state index in [4.69, 9.17) is 0 Å². The third-order valence-corrected chi connectivity index (χ3v) is 7.17. The number of carbonyl (C=O) groups is 1. The molecule has 0 aliphatic heterocycles. The summed E-state index contributed by atoms with van der Waals surface area (Å²) in [7, 11) is -3.57. The van der Waals surface area contributed by atoms with Crippen LogP contribution in [0.2, 0.25) is 0 Å². The van der Waals surface area contributed by atoms with Crippen molar-refractivity contribution in [2.75, 3.05) is 6.54 Å². The zero-order valence-corrected chi connectivity index (χ0v) is 18.8. The summed E-state index contributed by atoms with van der Waals surface area (Å²) < 4.78 is 28.1. The maximum Gasteiger partial charge on any atom is 0.239 e. The van der Waals surface area contributed by atoms with Gasteiger partial charge in [-0.05, 0) is 30.5 Å². The lowest BCUT2D eigenvalue weighted by atomic mass is 10.1. The molecule has 3 aromatic carbocycles. The Kier molecular flexibility index (Phi) is 6.42. The van der Waals surface area contributed by atoms with Crippen LogP contribution in [0.15, 0.2) is 90.0 Å². The van der Waals surface area contributed by atoms with Gasteiger partial charge < -0.3 is 9.88 Å². The third kappa shape index (κ3) is 5.08. The molecule has 32 heavy (non-hydrogen) atoms. The fraction of sp³-hybridized carbons (Fsp3) is 0.192. The zero-order valence-electron chi connectivity index (χ0n) is 18.0. The number of fused-ring (bicyclic) bond motifs is 1. The largest absolute Gasteiger partial charge is 0.354 e. The topological polar surface area (TPSA) is 68.2 Å². The van der Waals surface area contributed by atoms with E-state index in [-0.39, 0.29) is 23.1 Å². The van der Waals surface area contributed by atoms with E-state index in [1.807, 2.05) is 79.7 Å². The molecule has 1 aromatic heterocycles. The van der Waals surface area contributed by atoms with E-state index >= 15 is 0 Å². The highest BCUT2D eigenvalue weighted by Gasteiger charge is 2.22. The predicted molar refractivity (Wildman–Crippen MR) is 127 cm³/mol. The third-order valence-electron chi connectivity index (χ3n) is 5.46. The van der Waals surface area contributed by atoms with Crippen LogP contribution in [-0.2, 0) is 33.4 Å². The number of aryl methyl sites for hydroxylation is 1. The lowest BCUT2D eigenvalue weighted by Gasteiger charge is -2.07. The first-order valence-electron chi connectivity index (χ1n) is 10.6. The van der Waals surface area contributed by atoms with Crippen molar-refractivity contribution >= 4 is 26.6 Å². The normalized spacial score (nSPS) is 11.5. The van der Waals surface area contributed by atoms with Gasteiger partial charge in [-0.15, -0.1) is 0 Å². The first-order chi connectivity index (χ1) is 15.4. The predicted octanol–water partition coefficient (Wildman–Crippen LogP) is 4.28. The minimum absolute atomic E-state index is 0.0648. The fourth-order valence-electron chi connectivity index (χ4n) is 3.77. The Bertz CT molecular complexity index is 1320. The van der Waals surface area contributed by atoms with Gasteiger partial charge in [-0.3, -0.25) is 4.79 Å². The molecule has 164 valence electrons. The van der Waals surface area contributed by atoms with Gasteiger partial charge >= 0.3 is 0 Å². The second kappa shape index (κ2) is 9.40. The lowest BCUT2D eigenvalue weighted by Crippen LogP contribution is -2.29. The average molecular weight is 447 g/mol. The fourth-order valence-corrected chi connectivity index (χ4v) is 5.36. The van der Waals surface area contributed by atoms with Gasteiger partial charge in [0.25, 0.3) is 0 Å². The van der Waals surface area contributed by atoms with E-state index in [1.165, 1.54) is 0 Å². The van der Waals surface area contributed by atoms with Gasteiger partial charge in [0, 0.05) is 23.6 Å². The van der Waals surface area contributed by atoms with Crippen LogP contribution in [0, 0.1) is 6.92 Å². The van der Waals surface area contributed by atoms with E-state index < -0.39 is 9.84 Å². The van der Waals surface area contributed by atoms with Gasteiger partial charge in [-0.1, -0.05) is 78.4 Å². The maximum absolute atomic E-state index is 13.2. The average Bonchev–Trinajstić information content (AvgIpc) is 3.15. The second-order valence-corrected chi connectivity index (χ2v) is 9.93. The number of benzene rings is 3. The number of nitrogens with zero attached hydrogens (tertiary/aromatic N) is 1. The van der Waals surface area contributed by atoms with Crippen molar-refractivity contribution in [2.24, 2.45) is 0 Å². The van der Waals surface area contributed by atoms with Crippen molar-refractivity contribution in [3.8, 4) is 0 Å². The summed E-state index contributed by atoms with van der Waals surface area (Å²) in [5.74, 6) is -0.228. The standard InChI is InChI=1S/C26H26N2O3S/c1-20-11-13-22(14-12-20)19-32(30,31)25-17-28(24-10-6-5-9-23(24)25)18-26(29)27-16-15-21-7-3-2-4-8-21/h2-14,17H,15-16,18-19H2,1H3,(H,27,29). The molecule has 4 rings (SSSR count). The number of para-hydroxylation sites is 1. The zero-order chi connectivity index (χ0) is 22.6. The Morgan fingerprint density at radius 3 is 2.31 bits per heavy atom. The molecular formula is C26H26N2O3S. The molecule has 1 heterocycles. The first-order valence-corrected chi connectivity index (χ1v) is 12.2. The van der Waals surface area contributed by atoms with Crippen molar-refractivity contribution in [1.29, 1.82) is 0 Å². The molecule has 0 spiro atoms. The van der Waals surface area contributed by atoms with Gasteiger partial charge in [0.2, 0.25) is 5.91 Å². The number of amides is 1. The van der Waals surface area contributed by atoms with Gasteiger partial charge in [-0.25, -0.2) is 8.42 Å². The van der Waals surface area contributed by atoms with Crippen LogP contribution in [0.1, 0.15) is 16.7 Å². The van der Waals surface area contributed by atoms with Crippen LogP contribution >= 0.6 is 0 Å². The van der Waals surface area contributed by atoms with Crippen molar-refractivity contribution < 1.29 is 13.2 Å². The molecule has 0 atom stereocenters. The minimum atomic E-state index is -3.57. The van der Waals surface area contributed by atoms with Crippen molar-refractivity contribution in [1.82, 2.24) is 9.88 Å². The second-order valence-electron chi connectivity index (χ2n) is 7.97. The molecule has 0 aliphatic rings.